The van der Waals surface area contributed by atoms with E-state index in [0.717, 1.165) is 18.8 Å². The first-order chi connectivity index (χ1) is 12.2. The molecule has 130 valence electrons. The Balaban J connectivity index is 1.45. The molecule has 3 heterocycles. The Morgan fingerprint density at radius 1 is 1.24 bits per heavy atom. The van der Waals surface area contributed by atoms with Gasteiger partial charge in [0.1, 0.15) is 6.10 Å². The average molecular weight is 339 g/mol. The standard InChI is InChI=1S/C18H21N5O2/c1-3-24-13(2)18-20-17(25-21-18)12-22-10-14-9-19-23(16(14)11-22)15-7-5-4-6-8-15/h4-9,13H,3,10-12H2,1-2H3. The molecule has 0 bridgehead atoms. The summed E-state index contributed by atoms with van der Waals surface area (Å²) < 4.78 is 12.9. The summed E-state index contributed by atoms with van der Waals surface area (Å²) in [5, 5.41) is 8.54. The van der Waals surface area contributed by atoms with E-state index in [4.69, 9.17) is 9.26 Å². The number of hydrogen-bond donors (Lipinski definition) is 0. The molecule has 0 spiro atoms. The minimum Gasteiger partial charge on any atom is -0.371 e. The zero-order valence-corrected chi connectivity index (χ0v) is 14.4. The van der Waals surface area contributed by atoms with Gasteiger partial charge < -0.3 is 9.26 Å². The fraction of sp³-hybridized carbons (Fsp3) is 0.389. The summed E-state index contributed by atoms with van der Waals surface area (Å²) in [5.74, 6) is 1.22. The van der Waals surface area contributed by atoms with Crippen molar-refractivity contribution in [3.05, 3.63) is 59.5 Å². The molecule has 0 amide bonds. The zero-order valence-electron chi connectivity index (χ0n) is 14.4. The molecule has 0 saturated heterocycles. The number of benzene rings is 1. The van der Waals surface area contributed by atoms with Gasteiger partial charge in [-0.2, -0.15) is 10.1 Å². The molecule has 1 aliphatic rings. The van der Waals surface area contributed by atoms with Crippen LogP contribution in [0.4, 0.5) is 0 Å². The maximum Gasteiger partial charge on any atom is 0.240 e. The molecule has 0 radical (unpaired) electrons. The van der Waals surface area contributed by atoms with Crippen LogP contribution in [-0.2, 0) is 24.4 Å². The predicted octanol–water partition coefficient (Wildman–Crippen LogP) is 2.87. The van der Waals surface area contributed by atoms with E-state index in [1.54, 1.807) is 0 Å². The van der Waals surface area contributed by atoms with Gasteiger partial charge in [-0.1, -0.05) is 23.4 Å². The lowest BCUT2D eigenvalue weighted by Crippen LogP contribution is -2.17. The number of ether oxygens (including phenoxy) is 1. The second kappa shape index (κ2) is 6.78. The van der Waals surface area contributed by atoms with E-state index in [1.165, 1.54) is 11.3 Å². The second-order valence-electron chi connectivity index (χ2n) is 6.15. The van der Waals surface area contributed by atoms with Crippen LogP contribution in [-0.4, -0.2) is 31.4 Å². The fourth-order valence-electron chi connectivity index (χ4n) is 3.13. The van der Waals surface area contributed by atoms with Crippen LogP contribution < -0.4 is 0 Å². The lowest BCUT2D eigenvalue weighted by molar-refractivity contribution is 0.0683. The third kappa shape index (κ3) is 3.20. The van der Waals surface area contributed by atoms with Gasteiger partial charge in [0.2, 0.25) is 5.89 Å². The van der Waals surface area contributed by atoms with Crippen molar-refractivity contribution in [2.75, 3.05) is 6.61 Å². The van der Waals surface area contributed by atoms with Gasteiger partial charge in [0.15, 0.2) is 5.82 Å². The van der Waals surface area contributed by atoms with Crippen molar-refractivity contribution in [3.8, 4) is 5.69 Å². The molecule has 2 aromatic heterocycles. The molecule has 0 fully saturated rings. The predicted molar refractivity (Wildman–Crippen MR) is 90.9 cm³/mol. The van der Waals surface area contributed by atoms with Gasteiger partial charge >= 0.3 is 0 Å². The first-order valence-electron chi connectivity index (χ1n) is 8.52. The summed E-state index contributed by atoms with van der Waals surface area (Å²) in [5.41, 5.74) is 3.54. The normalized spacial score (nSPS) is 15.4. The molecule has 4 rings (SSSR count). The molecular formula is C18H21N5O2. The van der Waals surface area contributed by atoms with Crippen LogP contribution >= 0.6 is 0 Å². The SMILES string of the molecule is CCOC(C)c1noc(CN2Cc3cnn(-c4ccccc4)c3C2)n1. The summed E-state index contributed by atoms with van der Waals surface area (Å²) in [7, 11) is 0. The van der Waals surface area contributed by atoms with Gasteiger partial charge in [-0.05, 0) is 26.0 Å². The number of para-hydroxylation sites is 1. The minimum atomic E-state index is -0.148. The Morgan fingerprint density at radius 3 is 2.88 bits per heavy atom. The highest BCUT2D eigenvalue weighted by atomic mass is 16.5. The molecule has 0 N–H and O–H groups in total. The smallest absolute Gasteiger partial charge is 0.240 e. The van der Waals surface area contributed by atoms with Crippen LogP contribution in [0.1, 0.15) is 42.9 Å². The fourth-order valence-corrected chi connectivity index (χ4v) is 3.13. The summed E-state index contributed by atoms with van der Waals surface area (Å²) in [6.45, 7) is 6.77. The van der Waals surface area contributed by atoms with Crippen LogP contribution in [0.15, 0.2) is 41.1 Å². The van der Waals surface area contributed by atoms with Crippen LogP contribution in [0.5, 0.6) is 0 Å². The Labute approximate surface area is 146 Å². The van der Waals surface area contributed by atoms with Gasteiger partial charge in [-0.15, -0.1) is 0 Å². The monoisotopic (exact) mass is 339 g/mol. The molecule has 25 heavy (non-hydrogen) atoms. The largest absolute Gasteiger partial charge is 0.371 e. The van der Waals surface area contributed by atoms with Crippen molar-refractivity contribution in [2.24, 2.45) is 0 Å². The topological polar surface area (TPSA) is 69.2 Å². The highest BCUT2D eigenvalue weighted by Crippen LogP contribution is 2.26. The summed E-state index contributed by atoms with van der Waals surface area (Å²) in [4.78, 5) is 6.73. The van der Waals surface area contributed by atoms with Crippen molar-refractivity contribution in [2.45, 2.75) is 39.6 Å². The Morgan fingerprint density at radius 2 is 2.08 bits per heavy atom. The molecule has 3 aromatic rings. The van der Waals surface area contributed by atoms with Gasteiger partial charge in [-0.25, -0.2) is 4.68 Å². The van der Waals surface area contributed by atoms with Crippen molar-refractivity contribution in [3.63, 3.8) is 0 Å². The maximum atomic E-state index is 5.50. The highest BCUT2D eigenvalue weighted by Gasteiger charge is 2.26. The summed E-state index contributed by atoms with van der Waals surface area (Å²) in [6.07, 6.45) is 1.79. The maximum absolute atomic E-state index is 5.50. The lowest BCUT2D eigenvalue weighted by Gasteiger charge is -2.12. The second-order valence-corrected chi connectivity index (χ2v) is 6.15. The first-order valence-corrected chi connectivity index (χ1v) is 8.52. The van der Waals surface area contributed by atoms with Crippen LogP contribution in [0, 0.1) is 0 Å². The molecule has 0 aliphatic carbocycles. The minimum absolute atomic E-state index is 0.148. The highest BCUT2D eigenvalue weighted by molar-refractivity contribution is 5.36. The molecule has 1 aliphatic heterocycles. The van der Waals surface area contributed by atoms with E-state index < -0.39 is 0 Å². The number of hydrogen-bond acceptors (Lipinski definition) is 6. The summed E-state index contributed by atoms with van der Waals surface area (Å²) >= 11 is 0. The third-order valence-electron chi connectivity index (χ3n) is 4.35. The van der Waals surface area contributed by atoms with Gasteiger partial charge in [0.25, 0.3) is 0 Å². The Hall–Kier alpha value is -2.51. The Bertz CT molecular complexity index is 842. The molecule has 1 atom stereocenters. The quantitative estimate of drug-likeness (QED) is 0.688. The van der Waals surface area contributed by atoms with E-state index in [0.29, 0.717) is 24.9 Å². The average Bonchev–Trinajstić information content (AvgIpc) is 3.32. The molecule has 7 nitrogen and oxygen atoms in total. The molecule has 7 heteroatoms. The van der Waals surface area contributed by atoms with E-state index >= 15 is 0 Å². The van der Waals surface area contributed by atoms with Crippen LogP contribution in [0.2, 0.25) is 0 Å². The number of fused-ring (bicyclic) bond motifs is 1. The van der Waals surface area contributed by atoms with Crippen molar-refractivity contribution < 1.29 is 9.26 Å². The van der Waals surface area contributed by atoms with E-state index in [-0.39, 0.29) is 6.10 Å². The lowest BCUT2D eigenvalue weighted by atomic mass is 10.3. The zero-order chi connectivity index (χ0) is 17.2. The van der Waals surface area contributed by atoms with Gasteiger partial charge in [-0.3, -0.25) is 4.90 Å². The molecular weight excluding hydrogens is 318 g/mol. The number of nitrogens with zero attached hydrogens (tertiary/aromatic N) is 5. The number of aromatic nitrogens is 4. The first kappa shape index (κ1) is 16.0. The van der Waals surface area contributed by atoms with E-state index in [9.17, 15) is 0 Å². The summed E-state index contributed by atoms with van der Waals surface area (Å²) in [6, 6.07) is 10.2. The van der Waals surface area contributed by atoms with Crippen LogP contribution in [0.3, 0.4) is 0 Å². The van der Waals surface area contributed by atoms with Crippen molar-refractivity contribution in [1.29, 1.82) is 0 Å². The van der Waals surface area contributed by atoms with Crippen molar-refractivity contribution in [1.82, 2.24) is 24.8 Å². The van der Waals surface area contributed by atoms with E-state index in [1.807, 2.05) is 42.9 Å². The Kier molecular flexibility index (Phi) is 4.33. The molecule has 0 saturated carbocycles. The molecule has 1 aromatic carbocycles. The third-order valence-corrected chi connectivity index (χ3v) is 4.35. The molecule has 1 unspecified atom stereocenters. The van der Waals surface area contributed by atoms with Gasteiger partial charge in [0, 0.05) is 25.3 Å². The van der Waals surface area contributed by atoms with Gasteiger partial charge in [0.05, 0.1) is 24.1 Å². The van der Waals surface area contributed by atoms with Crippen LogP contribution in [0.25, 0.3) is 5.69 Å². The van der Waals surface area contributed by atoms with Crippen molar-refractivity contribution >= 4 is 0 Å². The number of rotatable bonds is 6. The van der Waals surface area contributed by atoms with E-state index in [2.05, 4.69) is 32.3 Å².